The Kier molecular flexibility index (Phi) is 4.14. The largest absolute Gasteiger partial charge is 0.495 e. The monoisotopic (exact) mass is 363 g/mol. The van der Waals surface area contributed by atoms with Gasteiger partial charge in [0, 0.05) is 18.8 Å². The van der Waals surface area contributed by atoms with E-state index in [9.17, 15) is 4.79 Å². The van der Waals surface area contributed by atoms with Crippen LogP contribution >= 0.6 is 0 Å². The molecular weight excluding hydrogens is 342 g/mol. The lowest BCUT2D eigenvalue weighted by atomic mass is 9.76. The fourth-order valence-corrected chi connectivity index (χ4v) is 3.48. The first kappa shape index (κ1) is 17.2. The summed E-state index contributed by atoms with van der Waals surface area (Å²) in [6.45, 7) is 4.18. The van der Waals surface area contributed by atoms with Crippen molar-refractivity contribution in [2.75, 3.05) is 12.4 Å². The molecule has 2 aromatic heterocycles. The molecule has 3 aromatic rings. The number of hydrogen-bond donors (Lipinski definition) is 1. The van der Waals surface area contributed by atoms with Crippen LogP contribution in [0.1, 0.15) is 36.3 Å². The van der Waals surface area contributed by atoms with Gasteiger partial charge in [0.1, 0.15) is 5.75 Å². The standard InChI is InChI=1S/C20H21N5O2/c1-20(2)11-14-17(15(26)12-20)18(23-13-7-4-5-8-16(13)27-3)24-25(14)19-21-9-6-10-22-19/h4-10H,11-12H2,1-3H3,(H,23,24). The van der Waals surface area contributed by atoms with Gasteiger partial charge in [-0.25, -0.2) is 14.6 Å². The molecule has 0 bridgehead atoms. The molecule has 0 fully saturated rings. The fourth-order valence-electron chi connectivity index (χ4n) is 3.48. The summed E-state index contributed by atoms with van der Waals surface area (Å²) in [7, 11) is 1.61. The number of aromatic nitrogens is 4. The maximum absolute atomic E-state index is 12.9. The van der Waals surface area contributed by atoms with E-state index in [0.29, 0.717) is 35.9 Å². The Bertz CT molecular complexity index is 995. The Morgan fingerprint density at radius 3 is 2.59 bits per heavy atom. The highest BCUT2D eigenvalue weighted by atomic mass is 16.5. The maximum atomic E-state index is 12.9. The summed E-state index contributed by atoms with van der Waals surface area (Å²) in [5.41, 5.74) is 2.05. The van der Waals surface area contributed by atoms with Gasteiger partial charge in [-0.05, 0) is 30.0 Å². The van der Waals surface area contributed by atoms with E-state index < -0.39 is 0 Å². The molecule has 2 heterocycles. The molecule has 7 heteroatoms. The van der Waals surface area contributed by atoms with Crippen molar-refractivity contribution in [2.45, 2.75) is 26.7 Å². The van der Waals surface area contributed by atoms with Crippen LogP contribution in [0.25, 0.3) is 5.95 Å². The normalized spacial score (nSPS) is 15.3. The second kappa shape index (κ2) is 6.50. The maximum Gasteiger partial charge on any atom is 0.250 e. The van der Waals surface area contributed by atoms with Crippen LogP contribution in [0.3, 0.4) is 0 Å². The quantitative estimate of drug-likeness (QED) is 0.763. The molecule has 0 atom stereocenters. The first-order valence-corrected chi connectivity index (χ1v) is 8.81. The highest BCUT2D eigenvalue weighted by Crippen LogP contribution is 2.39. The fraction of sp³-hybridized carbons (Fsp3) is 0.300. The Morgan fingerprint density at radius 2 is 1.85 bits per heavy atom. The molecular formula is C20H21N5O2. The molecule has 7 nitrogen and oxygen atoms in total. The molecule has 0 saturated carbocycles. The number of benzene rings is 1. The summed E-state index contributed by atoms with van der Waals surface area (Å²) in [6, 6.07) is 9.29. The molecule has 1 aromatic carbocycles. The van der Waals surface area contributed by atoms with Crippen molar-refractivity contribution >= 4 is 17.3 Å². The Balaban J connectivity index is 1.86. The second-order valence-electron chi connectivity index (χ2n) is 7.40. The van der Waals surface area contributed by atoms with Gasteiger partial charge in [0.25, 0.3) is 5.95 Å². The third-order valence-electron chi connectivity index (χ3n) is 4.65. The first-order chi connectivity index (χ1) is 13.0. The summed E-state index contributed by atoms with van der Waals surface area (Å²) in [5, 5.41) is 7.92. The summed E-state index contributed by atoms with van der Waals surface area (Å²) in [5.74, 6) is 1.70. The van der Waals surface area contributed by atoms with Crippen LogP contribution in [0.5, 0.6) is 5.75 Å². The zero-order valence-corrected chi connectivity index (χ0v) is 15.6. The van der Waals surface area contributed by atoms with Gasteiger partial charge in [-0.1, -0.05) is 26.0 Å². The molecule has 1 N–H and O–H groups in total. The lowest BCUT2D eigenvalue weighted by Crippen LogP contribution is -2.28. The SMILES string of the molecule is COc1ccccc1Nc1nn(-c2ncccn2)c2c1C(=O)CC(C)(C)C2. The average Bonchev–Trinajstić information content (AvgIpc) is 3.00. The zero-order valence-electron chi connectivity index (χ0n) is 15.6. The number of methoxy groups -OCH3 is 1. The summed E-state index contributed by atoms with van der Waals surface area (Å²) in [4.78, 5) is 21.6. The van der Waals surface area contributed by atoms with E-state index in [1.807, 2.05) is 24.3 Å². The number of nitrogens with zero attached hydrogens (tertiary/aromatic N) is 4. The molecule has 0 unspecified atom stereocenters. The van der Waals surface area contributed by atoms with Gasteiger partial charge >= 0.3 is 0 Å². The van der Waals surface area contributed by atoms with Crippen molar-refractivity contribution in [2.24, 2.45) is 5.41 Å². The van der Waals surface area contributed by atoms with Crippen molar-refractivity contribution in [3.05, 3.63) is 54.0 Å². The van der Waals surface area contributed by atoms with E-state index in [1.54, 1.807) is 30.3 Å². The van der Waals surface area contributed by atoms with Crippen molar-refractivity contribution in [1.29, 1.82) is 0 Å². The van der Waals surface area contributed by atoms with Gasteiger partial charge in [0.05, 0.1) is 24.1 Å². The van der Waals surface area contributed by atoms with Crippen LogP contribution in [0, 0.1) is 5.41 Å². The lowest BCUT2D eigenvalue weighted by molar-refractivity contribution is 0.0911. The molecule has 0 saturated heterocycles. The summed E-state index contributed by atoms with van der Waals surface area (Å²) >= 11 is 0. The number of carbonyl (C=O) groups is 1. The van der Waals surface area contributed by atoms with Crippen LogP contribution in [0.4, 0.5) is 11.5 Å². The van der Waals surface area contributed by atoms with Crippen LogP contribution in [0.2, 0.25) is 0 Å². The van der Waals surface area contributed by atoms with E-state index in [0.717, 1.165) is 11.4 Å². The summed E-state index contributed by atoms with van der Waals surface area (Å²) in [6.07, 6.45) is 4.52. The third-order valence-corrected chi connectivity index (χ3v) is 4.65. The number of Topliss-reactive ketones (excluding diaryl/α,β-unsaturated/α-hetero) is 1. The van der Waals surface area contributed by atoms with Gasteiger partial charge in [-0.15, -0.1) is 5.10 Å². The highest BCUT2D eigenvalue weighted by molar-refractivity contribution is 6.03. The van der Waals surface area contributed by atoms with E-state index in [-0.39, 0.29) is 11.2 Å². The van der Waals surface area contributed by atoms with Crippen molar-refractivity contribution in [3.8, 4) is 11.7 Å². The average molecular weight is 363 g/mol. The third kappa shape index (κ3) is 3.16. The van der Waals surface area contributed by atoms with Crippen LogP contribution in [-0.2, 0) is 6.42 Å². The Morgan fingerprint density at radius 1 is 1.11 bits per heavy atom. The first-order valence-electron chi connectivity index (χ1n) is 8.81. The van der Waals surface area contributed by atoms with Crippen molar-refractivity contribution in [1.82, 2.24) is 19.7 Å². The minimum absolute atomic E-state index is 0.0702. The summed E-state index contributed by atoms with van der Waals surface area (Å²) < 4.78 is 7.08. The molecule has 27 heavy (non-hydrogen) atoms. The predicted octanol–water partition coefficient (Wildman–Crippen LogP) is 3.57. The van der Waals surface area contributed by atoms with Crippen molar-refractivity contribution < 1.29 is 9.53 Å². The number of carbonyl (C=O) groups excluding carboxylic acids is 1. The van der Waals surface area contributed by atoms with Crippen LogP contribution in [-0.4, -0.2) is 32.6 Å². The van der Waals surface area contributed by atoms with Gasteiger partial charge in [-0.2, -0.15) is 0 Å². The molecule has 0 radical (unpaired) electrons. The minimum atomic E-state index is -0.141. The number of ketones is 1. The van der Waals surface area contributed by atoms with Crippen LogP contribution in [0.15, 0.2) is 42.7 Å². The molecule has 1 aliphatic rings. The van der Waals surface area contributed by atoms with Gasteiger partial charge in [0.2, 0.25) is 0 Å². The number of hydrogen-bond acceptors (Lipinski definition) is 6. The molecule has 4 rings (SSSR count). The number of anilines is 2. The number of nitrogens with one attached hydrogen (secondary N) is 1. The Hall–Kier alpha value is -3.22. The number of fused-ring (bicyclic) bond motifs is 1. The predicted molar refractivity (Wildman–Crippen MR) is 102 cm³/mol. The topological polar surface area (TPSA) is 81.9 Å². The number of rotatable bonds is 4. The van der Waals surface area contributed by atoms with Crippen LogP contribution < -0.4 is 10.1 Å². The molecule has 0 spiro atoms. The van der Waals surface area contributed by atoms with E-state index >= 15 is 0 Å². The number of para-hydroxylation sites is 2. The Labute approximate surface area is 157 Å². The van der Waals surface area contributed by atoms with E-state index in [4.69, 9.17) is 4.74 Å². The molecule has 0 aliphatic heterocycles. The van der Waals surface area contributed by atoms with Gasteiger partial charge < -0.3 is 10.1 Å². The van der Waals surface area contributed by atoms with Gasteiger partial charge in [-0.3, -0.25) is 4.79 Å². The van der Waals surface area contributed by atoms with E-state index in [2.05, 4.69) is 34.2 Å². The van der Waals surface area contributed by atoms with E-state index in [1.165, 1.54) is 0 Å². The molecule has 138 valence electrons. The minimum Gasteiger partial charge on any atom is -0.495 e. The molecule has 0 amide bonds. The van der Waals surface area contributed by atoms with Gasteiger partial charge in [0.15, 0.2) is 11.6 Å². The molecule has 1 aliphatic carbocycles. The second-order valence-corrected chi connectivity index (χ2v) is 7.40. The zero-order chi connectivity index (χ0) is 19.0. The van der Waals surface area contributed by atoms with Crippen molar-refractivity contribution in [3.63, 3.8) is 0 Å². The lowest BCUT2D eigenvalue weighted by Gasteiger charge is -2.28. The smallest absolute Gasteiger partial charge is 0.250 e. The highest BCUT2D eigenvalue weighted by Gasteiger charge is 2.37. The number of ether oxygens (including phenoxy) is 1.